The summed E-state index contributed by atoms with van der Waals surface area (Å²) < 4.78 is 57.2. The molecule has 0 aliphatic carbocycles. The number of aromatic amines is 1. The van der Waals surface area contributed by atoms with Gasteiger partial charge in [0.25, 0.3) is 0 Å². The first-order chi connectivity index (χ1) is 13.4. The third kappa shape index (κ3) is 5.26. The third-order valence-corrected chi connectivity index (χ3v) is 4.25. The molecule has 0 spiro atoms. The van der Waals surface area contributed by atoms with E-state index in [1.807, 2.05) is 0 Å². The molecule has 1 atom stereocenters. The van der Waals surface area contributed by atoms with Crippen molar-refractivity contribution in [3.8, 4) is 11.8 Å². The number of nitriles is 1. The largest absolute Gasteiger partial charge is 0.768 e. The quantitative estimate of drug-likeness (QED) is 0.380. The first-order valence-corrected chi connectivity index (χ1v) is 8.91. The minimum Gasteiger partial charge on any atom is -0.768 e. The summed E-state index contributed by atoms with van der Waals surface area (Å²) in [5.41, 5.74) is 5.13. The standard InChI is InChI=1S/C11H13NO4S.C7H4F2N2/c1-15-4-5-16-8-2-3-9-10(6-8)12-7-11(9)17(13)14;8-5-2-7(11)6(9)1-4(5)3-10/h2-3,6-7,12H,4-5H2,1H3,(H,13,14);1-2H,11H2/p-1. The normalized spacial score (nSPS) is 11.4. The van der Waals surface area contributed by atoms with Crippen LogP contribution in [0.3, 0.4) is 0 Å². The minimum atomic E-state index is -2.23. The van der Waals surface area contributed by atoms with Crippen LogP contribution in [-0.2, 0) is 15.8 Å². The number of aromatic nitrogens is 1. The van der Waals surface area contributed by atoms with Crippen molar-refractivity contribution < 1.29 is 27.0 Å². The predicted molar refractivity (Wildman–Crippen MR) is 98.3 cm³/mol. The summed E-state index contributed by atoms with van der Waals surface area (Å²) in [5.74, 6) is -0.894. The van der Waals surface area contributed by atoms with Gasteiger partial charge in [-0.1, -0.05) is 0 Å². The Hall–Kier alpha value is -3.00. The van der Waals surface area contributed by atoms with Gasteiger partial charge < -0.3 is 24.7 Å². The zero-order chi connectivity index (χ0) is 20.7. The predicted octanol–water partition coefficient (Wildman–Crippen LogP) is 2.85. The van der Waals surface area contributed by atoms with Crippen LogP contribution in [0.5, 0.6) is 5.75 Å². The van der Waals surface area contributed by atoms with Gasteiger partial charge in [0.2, 0.25) is 0 Å². The number of H-pyrrole nitrogens is 1. The molecule has 2 aromatic carbocycles. The number of nitrogens with zero attached hydrogens (tertiary/aromatic N) is 1. The van der Waals surface area contributed by atoms with E-state index in [2.05, 4.69) is 4.98 Å². The van der Waals surface area contributed by atoms with Crippen LogP contribution in [0, 0.1) is 23.0 Å². The molecular weight excluding hydrogens is 392 g/mol. The van der Waals surface area contributed by atoms with Gasteiger partial charge in [-0.3, -0.25) is 4.21 Å². The zero-order valence-electron chi connectivity index (χ0n) is 14.7. The number of fused-ring (bicyclic) bond motifs is 1. The fourth-order valence-electron chi connectivity index (χ4n) is 2.20. The molecule has 1 aromatic heterocycles. The van der Waals surface area contributed by atoms with Crippen LogP contribution >= 0.6 is 0 Å². The van der Waals surface area contributed by atoms with Crippen molar-refractivity contribution in [1.82, 2.24) is 4.98 Å². The van der Waals surface area contributed by atoms with E-state index in [9.17, 15) is 17.5 Å². The van der Waals surface area contributed by atoms with Crippen molar-refractivity contribution in [2.45, 2.75) is 4.90 Å². The lowest BCUT2D eigenvalue weighted by Crippen LogP contribution is -2.03. The van der Waals surface area contributed by atoms with Crippen molar-refractivity contribution in [2.24, 2.45) is 0 Å². The number of hydrogen-bond acceptors (Lipinski definition) is 6. The lowest BCUT2D eigenvalue weighted by Gasteiger charge is -2.06. The summed E-state index contributed by atoms with van der Waals surface area (Å²) in [6, 6.07) is 8.27. The lowest BCUT2D eigenvalue weighted by atomic mass is 10.2. The smallest absolute Gasteiger partial charge is 0.147 e. The van der Waals surface area contributed by atoms with E-state index in [1.165, 1.54) is 12.3 Å². The first kappa shape index (κ1) is 21.3. The van der Waals surface area contributed by atoms with Crippen LogP contribution in [-0.4, -0.2) is 34.1 Å². The van der Waals surface area contributed by atoms with Crippen LogP contribution in [0.15, 0.2) is 41.4 Å². The summed E-state index contributed by atoms with van der Waals surface area (Å²) in [7, 11) is 1.60. The second-order valence-corrected chi connectivity index (χ2v) is 6.31. The Kier molecular flexibility index (Phi) is 7.45. The van der Waals surface area contributed by atoms with Crippen molar-refractivity contribution in [2.75, 3.05) is 26.1 Å². The average Bonchev–Trinajstić information content (AvgIpc) is 3.09. The summed E-state index contributed by atoms with van der Waals surface area (Å²) in [6.07, 6.45) is 1.46. The van der Waals surface area contributed by atoms with Gasteiger partial charge in [-0.05, 0) is 29.3 Å². The fourth-order valence-corrected chi connectivity index (χ4v) is 2.71. The molecule has 0 saturated carbocycles. The summed E-state index contributed by atoms with van der Waals surface area (Å²) in [6.45, 7) is 0.974. The summed E-state index contributed by atoms with van der Waals surface area (Å²) in [5, 5.41) is 8.90. The lowest BCUT2D eigenvalue weighted by molar-refractivity contribution is 0.146. The van der Waals surface area contributed by atoms with Gasteiger partial charge in [0.15, 0.2) is 0 Å². The van der Waals surface area contributed by atoms with Gasteiger partial charge in [-0.2, -0.15) is 5.26 Å². The molecule has 10 heteroatoms. The molecule has 0 bridgehead atoms. The number of benzene rings is 2. The maximum atomic E-state index is 12.6. The highest BCUT2D eigenvalue weighted by Gasteiger charge is 2.06. The maximum Gasteiger partial charge on any atom is 0.147 e. The van der Waals surface area contributed by atoms with Gasteiger partial charge in [0, 0.05) is 30.8 Å². The molecule has 3 N–H and O–H groups in total. The van der Waals surface area contributed by atoms with Gasteiger partial charge in [0.05, 0.1) is 28.3 Å². The molecule has 28 heavy (non-hydrogen) atoms. The Balaban J connectivity index is 0.000000221. The first-order valence-electron chi connectivity index (χ1n) is 7.84. The van der Waals surface area contributed by atoms with E-state index in [0.29, 0.717) is 24.3 Å². The molecule has 3 rings (SSSR count). The number of nitrogens with two attached hydrogens (primary N) is 1. The molecular formula is C18H16F2N3O4S-. The summed E-state index contributed by atoms with van der Waals surface area (Å²) >= 11 is -2.23. The van der Waals surface area contributed by atoms with Crippen molar-refractivity contribution in [3.05, 3.63) is 53.7 Å². The zero-order valence-corrected chi connectivity index (χ0v) is 15.5. The Bertz CT molecular complexity index is 1030. The van der Waals surface area contributed by atoms with Crippen LogP contribution in [0.1, 0.15) is 5.56 Å². The Labute approximate surface area is 162 Å². The van der Waals surface area contributed by atoms with Crippen LogP contribution in [0.4, 0.5) is 14.5 Å². The number of nitrogen functional groups attached to an aromatic ring is 1. The van der Waals surface area contributed by atoms with Gasteiger partial charge >= 0.3 is 0 Å². The summed E-state index contributed by atoms with van der Waals surface area (Å²) in [4.78, 5) is 3.16. The molecule has 0 aliphatic rings. The monoisotopic (exact) mass is 408 g/mol. The Morgan fingerprint density at radius 2 is 2.00 bits per heavy atom. The number of hydrogen-bond donors (Lipinski definition) is 2. The Morgan fingerprint density at radius 3 is 2.64 bits per heavy atom. The molecule has 3 aromatic rings. The molecule has 1 heterocycles. The number of halogens is 2. The molecule has 0 amide bonds. The highest BCUT2D eigenvalue weighted by Crippen LogP contribution is 2.24. The van der Waals surface area contributed by atoms with Crippen molar-refractivity contribution in [1.29, 1.82) is 5.26 Å². The number of nitrogens with one attached hydrogen (secondary N) is 1. The molecule has 0 saturated heterocycles. The molecule has 0 fully saturated rings. The van der Waals surface area contributed by atoms with Crippen LogP contribution in [0.25, 0.3) is 10.9 Å². The fraction of sp³-hybridized carbons (Fsp3) is 0.167. The topological polar surface area (TPSA) is 124 Å². The molecule has 1 unspecified atom stereocenters. The SMILES string of the molecule is COCCOc1ccc2c(S(=O)[O-])c[nH]c2c1.N#Cc1cc(F)c(N)cc1F. The molecule has 0 radical (unpaired) electrons. The number of ether oxygens (including phenoxy) is 2. The van der Waals surface area contributed by atoms with E-state index in [4.69, 9.17) is 20.5 Å². The van der Waals surface area contributed by atoms with Crippen LogP contribution in [0.2, 0.25) is 0 Å². The van der Waals surface area contributed by atoms with Crippen LogP contribution < -0.4 is 10.5 Å². The van der Waals surface area contributed by atoms with Gasteiger partial charge in [0.1, 0.15) is 30.1 Å². The average molecular weight is 408 g/mol. The third-order valence-electron chi connectivity index (χ3n) is 3.56. The van der Waals surface area contributed by atoms with Gasteiger partial charge in [-0.15, -0.1) is 0 Å². The number of rotatable bonds is 5. The van der Waals surface area contributed by atoms with Crippen molar-refractivity contribution >= 4 is 27.7 Å². The van der Waals surface area contributed by atoms with E-state index in [-0.39, 0.29) is 16.1 Å². The molecule has 0 aliphatic heterocycles. The van der Waals surface area contributed by atoms with Crippen molar-refractivity contribution in [3.63, 3.8) is 0 Å². The molecule has 7 nitrogen and oxygen atoms in total. The van der Waals surface area contributed by atoms with E-state index < -0.39 is 22.7 Å². The van der Waals surface area contributed by atoms with Gasteiger partial charge in [-0.25, -0.2) is 8.78 Å². The van der Waals surface area contributed by atoms with E-state index in [0.717, 1.165) is 17.6 Å². The second-order valence-electron chi connectivity index (χ2n) is 5.40. The number of anilines is 1. The Morgan fingerprint density at radius 1 is 1.25 bits per heavy atom. The van der Waals surface area contributed by atoms with E-state index in [1.54, 1.807) is 25.3 Å². The van der Waals surface area contributed by atoms with E-state index >= 15 is 0 Å². The highest BCUT2D eigenvalue weighted by molar-refractivity contribution is 7.79. The minimum absolute atomic E-state index is 0.267. The second kappa shape index (κ2) is 9.80. The highest BCUT2D eigenvalue weighted by atomic mass is 32.2. The maximum absolute atomic E-state index is 12.6. The number of methoxy groups -OCH3 is 1. The molecule has 148 valence electrons.